The molecule has 1 rings (SSSR count). The van der Waals surface area contributed by atoms with Gasteiger partial charge in [0.25, 0.3) is 0 Å². The van der Waals surface area contributed by atoms with Crippen LogP contribution in [0.3, 0.4) is 0 Å². The van der Waals surface area contributed by atoms with Crippen LogP contribution < -0.4 is 5.32 Å². The Balaban J connectivity index is 2.15. The second kappa shape index (κ2) is 7.02. The van der Waals surface area contributed by atoms with Gasteiger partial charge in [0, 0.05) is 6.04 Å². The first-order chi connectivity index (χ1) is 7.22. The van der Waals surface area contributed by atoms with E-state index in [1.165, 1.54) is 24.8 Å². The van der Waals surface area contributed by atoms with Gasteiger partial charge in [-0.05, 0) is 61.0 Å². The first kappa shape index (κ1) is 12.7. The lowest BCUT2D eigenvalue weighted by Gasteiger charge is -2.17. The lowest BCUT2D eigenvalue weighted by Crippen LogP contribution is -2.27. The van der Waals surface area contributed by atoms with Crippen LogP contribution in [0.1, 0.15) is 39.2 Å². The third kappa shape index (κ3) is 5.33. The molecule has 1 N–H and O–H groups in total. The van der Waals surface area contributed by atoms with Crippen LogP contribution in [0.4, 0.5) is 0 Å². The third-order valence-electron chi connectivity index (χ3n) is 2.81. The Morgan fingerprint density at radius 1 is 1.40 bits per heavy atom. The van der Waals surface area contributed by atoms with Gasteiger partial charge >= 0.3 is 0 Å². The standard InChI is InChI=1S/C13H23NS/c1-4-14-12(3)9-11(2)5-6-13-7-8-15-10-13/h7-8,10-12,14H,4-6,9H2,1-3H3. The zero-order chi connectivity index (χ0) is 11.1. The fraction of sp³-hybridized carbons (Fsp3) is 0.692. The molecule has 0 spiro atoms. The number of hydrogen-bond acceptors (Lipinski definition) is 2. The number of aryl methyl sites for hydroxylation is 1. The fourth-order valence-electron chi connectivity index (χ4n) is 2.00. The van der Waals surface area contributed by atoms with Crippen molar-refractivity contribution in [2.45, 2.75) is 46.1 Å². The largest absolute Gasteiger partial charge is 0.315 e. The van der Waals surface area contributed by atoms with Crippen LogP contribution in [0.5, 0.6) is 0 Å². The van der Waals surface area contributed by atoms with E-state index in [1.807, 2.05) is 0 Å². The number of hydrogen-bond donors (Lipinski definition) is 1. The minimum absolute atomic E-state index is 0.660. The third-order valence-corrected chi connectivity index (χ3v) is 3.55. The molecule has 0 bridgehead atoms. The molecule has 0 saturated carbocycles. The molecule has 1 aromatic heterocycles. The lowest BCUT2D eigenvalue weighted by atomic mass is 9.96. The first-order valence-electron chi connectivity index (χ1n) is 5.96. The molecule has 0 fully saturated rings. The molecule has 2 heteroatoms. The van der Waals surface area contributed by atoms with Crippen molar-refractivity contribution in [3.63, 3.8) is 0 Å². The van der Waals surface area contributed by atoms with Crippen LogP contribution in [-0.4, -0.2) is 12.6 Å². The summed E-state index contributed by atoms with van der Waals surface area (Å²) in [7, 11) is 0. The molecular weight excluding hydrogens is 202 g/mol. The Labute approximate surface area is 97.9 Å². The van der Waals surface area contributed by atoms with Gasteiger partial charge in [-0.25, -0.2) is 0 Å². The van der Waals surface area contributed by atoms with Crippen LogP contribution in [0.15, 0.2) is 16.8 Å². The Morgan fingerprint density at radius 2 is 2.20 bits per heavy atom. The van der Waals surface area contributed by atoms with E-state index in [-0.39, 0.29) is 0 Å². The SMILES string of the molecule is CCNC(C)CC(C)CCc1ccsc1. The highest BCUT2D eigenvalue weighted by atomic mass is 32.1. The van der Waals surface area contributed by atoms with Crippen LogP contribution in [0, 0.1) is 5.92 Å². The van der Waals surface area contributed by atoms with Crippen molar-refractivity contribution >= 4 is 11.3 Å². The first-order valence-corrected chi connectivity index (χ1v) is 6.91. The molecule has 0 aliphatic carbocycles. The summed E-state index contributed by atoms with van der Waals surface area (Å²) < 4.78 is 0. The highest BCUT2D eigenvalue weighted by Gasteiger charge is 2.07. The summed E-state index contributed by atoms with van der Waals surface area (Å²) in [6.07, 6.45) is 3.84. The van der Waals surface area contributed by atoms with E-state index in [2.05, 4.69) is 42.9 Å². The van der Waals surface area contributed by atoms with E-state index in [1.54, 1.807) is 11.3 Å². The summed E-state index contributed by atoms with van der Waals surface area (Å²) in [5.41, 5.74) is 1.50. The van der Waals surface area contributed by atoms with Gasteiger partial charge in [-0.2, -0.15) is 11.3 Å². The molecule has 0 saturated heterocycles. The van der Waals surface area contributed by atoms with Crippen molar-refractivity contribution in [2.75, 3.05) is 6.54 Å². The molecule has 86 valence electrons. The number of thiophene rings is 1. The average Bonchev–Trinajstić information content (AvgIpc) is 2.67. The van der Waals surface area contributed by atoms with Crippen LogP contribution >= 0.6 is 11.3 Å². The molecule has 0 aliphatic heterocycles. The Bertz CT molecular complexity index is 243. The molecule has 2 unspecified atom stereocenters. The van der Waals surface area contributed by atoms with Crippen molar-refractivity contribution in [1.29, 1.82) is 0 Å². The van der Waals surface area contributed by atoms with Crippen molar-refractivity contribution in [3.8, 4) is 0 Å². The second-order valence-electron chi connectivity index (χ2n) is 4.47. The van der Waals surface area contributed by atoms with Gasteiger partial charge in [0.15, 0.2) is 0 Å². The van der Waals surface area contributed by atoms with Crippen molar-refractivity contribution in [2.24, 2.45) is 5.92 Å². The minimum atomic E-state index is 0.660. The van der Waals surface area contributed by atoms with Gasteiger partial charge in [0.2, 0.25) is 0 Å². The summed E-state index contributed by atoms with van der Waals surface area (Å²) in [4.78, 5) is 0. The maximum absolute atomic E-state index is 3.47. The molecule has 1 nitrogen and oxygen atoms in total. The lowest BCUT2D eigenvalue weighted by molar-refractivity contribution is 0.408. The zero-order valence-corrected chi connectivity index (χ0v) is 10.9. The van der Waals surface area contributed by atoms with Crippen molar-refractivity contribution in [1.82, 2.24) is 5.32 Å². The van der Waals surface area contributed by atoms with E-state index in [0.717, 1.165) is 12.5 Å². The van der Waals surface area contributed by atoms with Gasteiger partial charge in [-0.15, -0.1) is 0 Å². The Kier molecular flexibility index (Phi) is 5.96. The molecule has 2 atom stereocenters. The van der Waals surface area contributed by atoms with Crippen molar-refractivity contribution in [3.05, 3.63) is 22.4 Å². The second-order valence-corrected chi connectivity index (χ2v) is 5.25. The van der Waals surface area contributed by atoms with Gasteiger partial charge in [0.05, 0.1) is 0 Å². The van der Waals surface area contributed by atoms with E-state index in [0.29, 0.717) is 6.04 Å². The van der Waals surface area contributed by atoms with E-state index in [4.69, 9.17) is 0 Å². The molecule has 0 amide bonds. The summed E-state index contributed by atoms with van der Waals surface area (Å²) in [5.74, 6) is 0.818. The predicted molar refractivity (Wildman–Crippen MR) is 69.6 cm³/mol. The van der Waals surface area contributed by atoms with E-state index in [9.17, 15) is 0 Å². The normalized spacial score (nSPS) is 15.1. The van der Waals surface area contributed by atoms with Crippen LogP contribution in [0.25, 0.3) is 0 Å². The monoisotopic (exact) mass is 225 g/mol. The summed E-state index contributed by atoms with van der Waals surface area (Å²) >= 11 is 1.80. The molecule has 0 aromatic carbocycles. The summed E-state index contributed by atoms with van der Waals surface area (Å²) in [6, 6.07) is 2.90. The van der Waals surface area contributed by atoms with Crippen LogP contribution in [-0.2, 0) is 6.42 Å². The topological polar surface area (TPSA) is 12.0 Å². The fourth-order valence-corrected chi connectivity index (χ4v) is 2.70. The number of nitrogens with one attached hydrogen (secondary N) is 1. The smallest absolute Gasteiger partial charge is 0.00411 e. The number of rotatable bonds is 7. The predicted octanol–water partition coefficient (Wildman–Crippen LogP) is 3.70. The zero-order valence-electron chi connectivity index (χ0n) is 10.1. The summed E-state index contributed by atoms with van der Waals surface area (Å²) in [6.45, 7) is 7.90. The van der Waals surface area contributed by atoms with Crippen molar-refractivity contribution < 1.29 is 0 Å². The molecule has 1 heterocycles. The maximum atomic E-state index is 3.47. The highest BCUT2D eigenvalue weighted by molar-refractivity contribution is 7.07. The van der Waals surface area contributed by atoms with Gasteiger partial charge in [-0.3, -0.25) is 0 Å². The van der Waals surface area contributed by atoms with Gasteiger partial charge in [-0.1, -0.05) is 13.8 Å². The summed E-state index contributed by atoms with van der Waals surface area (Å²) in [5, 5.41) is 7.90. The molecule has 0 radical (unpaired) electrons. The van der Waals surface area contributed by atoms with Gasteiger partial charge < -0.3 is 5.32 Å². The van der Waals surface area contributed by atoms with E-state index >= 15 is 0 Å². The highest BCUT2D eigenvalue weighted by Crippen LogP contribution is 2.16. The molecule has 15 heavy (non-hydrogen) atoms. The molecule has 0 aliphatic rings. The van der Waals surface area contributed by atoms with E-state index < -0.39 is 0 Å². The average molecular weight is 225 g/mol. The quantitative estimate of drug-likeness (QED) is 0.746. The Hall–Kier alpha value is -0.340. The maximum Gasteiger partial charge on any atom is 0.00411 e. The van der Waals surface area contributed by atoms with Crippen LogP contribution in [0.2, 0.25) is 0 Å². The van der Waals surface area contributed by atoms with Gasteiger partial charge in [0.1, 0.15) is 0 Å². The Morgan fingerprint density at radius 3 is 2.80 bits per heavy atom. The molecular formula is C13H23NS. The minimum Gasteiger partial charge on any atom is -0.315 e. The molecule has 1 aromatic rings.